The van der Waals surface area contributed by atoms with Gasteiger partial charge in [-0.25, -0.2) is 0 Å². The zero-order chi connectivity index (χ0) is 17.4. The van der Waals surface area contributed by atoms with Crippen molar-refractivity contribution in [1.82, 2.24) is 5.32 Å². The van der Waals surface area contributed by atoms with Crippen LogP contribution in [0.3, 0.4) is 0 Å². The van der Waals surface area contributed by atoms with Crippen LogP contribution in [0.5, 0.6) is 5.75 Å². The van der Waals surface area contributed by atoms with Crippen LogP contribution in [-0.4, -0.2) is 17.6 Å². The standard InChI is InChI=1S/C18H17ClN2O2S/c1-2-23-16-10-8-15(9-11-16)20-18(24)21-17(22)12-5-13-3-6-14(19)7-4-13/h3-12H,2H2,1H3,(H2,20,21,22,24)/b12-5+. The minimum atomic E-state index is -0.312. The average molecular weight is 361 g/mol. The average Bonchev–Trinajstić information content (AvgIpc) is 2.56. The molecule has 4 nitrogen and oxygen atoms in total. The fraction of sp³-hybridized carbons (Fsp3) is 0.111. The van der Waals surface area contributed by atoms with Gasteiger partial charge in [-0.3, -0.25) is 10.1 Å². The number of anilines is 1. The molecule has 2 N–H and O–H groups in total. The highest BCUT2D eigenvalue weighted by molar-refractivity contribution is 7.80. The lowest BCUT2D eigenvalue weighted by Gasteiger charge is -2.09. The van der Waals surface area contributed by atoms with Gasteiger partial charge in [0.25, 0.3) is 0 Å². The van der Waals surface area contributed by atoms with E-state index >= 15 is 0 Å². The fourth-order valence-electron chi connectivity index (χ4n) is 1.86. The normalized spacial score (nSPS) is 10.4. The van der Waals surface area contributed by atoms with E-state index in [0.717, 1.165) is 17.0 Å². The second-order valence-corrected chi connectivity index (χ2v) is 5.63. The molecule has 0 spiro atoms. The fourth-order valence-corrected chi connectivity index (χ4v) is 2.21. The summed E-state index contributed by atoms with van der Waals surface area (Å²) in [5.41, 5.74) is 1.64. The molecule has 2 rings (SSSR count). The van der Waals surface area contributed by atoms with Gasteiger partial charge < -0.3 is 10.1 Å². The van der Waals surface area contributed by atoms with Crippen molar-refractivity contribution in [2.24, 2.45) is 0 Å². The van der Waals surface area contributed by atoms with Crippen LogP contribution < -0.4 is 15.4 Å². The number of rotatable bonds is 5. The number of thiocarbonyl (C=S) groups is 1. The van der Waals surface area contributed by atoms with Gasteiger partial charge in [-0.15, -0.1) is 0 Å². The van der Waals surface area contributed by atoms with Crippen molar-refractivity contribution in [1.29, 1.82) is 0 Å². The van der Waals surface area contributed by atoms with Crippen LogP contribution in [0.4, 0.5) is 5.69 Å². The Kier molecular flexibility index (Phi) is 6.78. The van der Waals surface area contributed by atoms with Gasteiger partial charge in [-0.2, -0.15) is 0 Å². The highest BCUT2D eigenvalue weighted by Crippen LogP contribution is 2.15. The largest absolute Gasteiger partial charge is 0.494 e. The van der Waals surface area contributed by atoms with Crippen molar-refractivity contribution in [3.8, 4) is 5.75 Å². The zero-order valence-electron chi connectivity index (χ0n) is 13.1. The monoisotopic (exact) mass is 360 g/mol. The van der Waals surface area contributed by atoms with Gasteiger partial charge in [0.05, 0.1) is 6.61 Å². The topological polar surface area (TPSA) is 50.4 Å². The van der Waals surface area contributed by atoms with Crippen LogP contribution in [-0.2, 0) is 4.79 Å². The molecule has 6 heteroatoms. The summed E-state index contributed by atoms with van der Waals surface area (Å²) in [6.45, 7) is 2.54. The van der Waals surface area contributed by atoms with Gasteiger partial charge >= 0.3 is 0 Å². The molecule has 124 valence electrons. The van der Waals surface area contributed by atoms with Crippen LogP contribution >= 0.6 is 23.8 Å². The Morgan fingerprint density at radius 3 is 2.46 bits per heavy atom. The lowest BCUT2D eigenvalue weighted by Crippen LogP contribution is -2.32. The quantitative estimate of drug-likeness (QED) is 0.617. The van der Waals surface area contributed by atoms with Crippen LogP contribution in [0.15, 0.2) is 54.6 Å². The summed E-state index contributed by atoms with van der Waals surface area (Å²) in [4.78, 5) is 11.9. The van der Waals surface area contributed by atoms with Gasteiger partial charge in [-0.1, -0.05) is 23.7 Å². The van der Waals surface area contributed by atoms with Gasteiger partial charge in [0.2, 0.25) is 5.91 Å². The molecule has 0 aliphatic heterocycles. The maximum atomic E-state index is 11.9. The Labute approximate surface area is 151 Å². The molecule has 0 saturated carbocycles. The van der Waals surface area contributed by atoms with Crippen molar-refractivity contribution >= 4 is 46.6 Å². The van der Waals surface area contributed by atoms with Crippen LogP contribution in [0.25, 0.3) is 6.08 Å². The summed E-state index contributed by atoms with van der Waals surface area (Å²) in [5, 5.41) is 6.40. The molecule has 0 aromatic heterocycles. The second kappa shape index (κ2) is 9.05. The summed E-state index contributed by atoms with van der Waals surface area (Å²) in [6.07, 6.45) is 3.10. The van der Waals surface area contributed by atoms with E-state index in [0.29, 0.717) is 11.6 Å². The number of benzene rings is 2. The molecule has 0 radical (unpaired) electrons. The van der Waals surface area contributed by atoms with Gasteiger partial charge in [-0.05, 0) is 67.2 Å². The first-order valence-electron chi connectivity index (χ1n) is 7.35. The predicted octanol–water partition coefficient (Wildman–Crippen LogP) is 4.27. The van der Waals surface area contributed by atoms with Gasteiger partial charge in [0.15, 0.2) is 5.11 Å². The molecule has 0 aliphatic rings. The van der Waals surface area contributed by atoms with E-state index in [4.69, 9.17) is 28.6 Å². The smallest absolute Gasteiger partial charge is 0.250 e. The van der Waals surface area contributed by atoms with Crippen LogP contribution in [0.1, 0.15) is 12.5 Å². The van der Waals surface area contributed by atoms with Crippen molar-refractivity contribution in [3.05, 3.63) is 65.2 Å². The summed E-state index contributed by atoms with van der Waals surface area (Å²) < 4.78 is 5.36. The first kappa shape index (κ1) is 18.0. The Morgan fingerprint density at radius 2 is 1.83 bits per heavy atom. The molecule has 2 aromatic carbocycles. The Morgan fingerprint density at radius 1 is 1.17 bits per heavy atom. The first-order chi connectivity index (χ1) is 11.6. The molecular formula is C18H17ClN2O2S. The zero-order valence-corrected chi connectivity index (χ0v) is 14.7. The molecule has 0 bridgehead atoms. The van der Waals surface area contributed by atoms with Gasteiger partial charge in [0.1, 0.15) is 5.75 Å². The molecular weight excluding hydrogens is 344 g/mol. The number of carbonyl (C=O) groups excluding carboxylic acids is 1. The van der Waals surface area contributed by atoms with Crippen molar-refractivity contribution < 1.29 is 9.53 Å². The lowest BCUT2D eigenvalue weighted by atomic mass is 10.2. The maximum Gasteiger partial charge on any atom is 0.250 e. The SMILES string of the molecule is CCOc1ccc(NC(=S)NC(=O)/C=C/c2ccc(Cl)cc2)cc1. The van der Waals surface area contributed by atoms with E-state index in [1.165, 1.54) is 6.08 Å². The number of amides is 1. The molecule has 2 aromatic rings. The summed E-state index contributed by atoms with van der Waals surface area (Å²) in [7, 11) is 0. The van der Waals surface area contributed by atoms with E-state index in [1.54, 1.807) is 18.2 Å². The Balaban J connectivity index is 1.84. The molecule has 0 unspecified atom stereocenters. The van der Waals surface area contributed by atoms with Crippen LogP contribution in [0, 0.1) is 0 Å². The lowest BCUT2D eigenvalue weighted by molar-refractivity contribution is -0.115. The van der Waals surface area contributed by atoms with Crippen molar-refractivity contribution in [2.45, 2.75) is 6.92 Å². The molecule has 1 amide bonds. The Hall–Kier alpha value is -2.37. The number of nitrogens with one attached hydrogen (secondary N) is 2. The van der Waals surface area contributed by atoms with Gasteiger partial charge in [0, 0.05) is 16.8 Å². The van der Waals surface area contributed by atoms with E-state index in [2.05, 4.69) is 10.6 Å². The molecule has 0 atom stereocenters. The van der Waals surface area contributed by atoms with E-state index in [9.17, 15) is 4.79 Å². The maximum absolute atomic E-state index is 11.9. The summed E-state index contributed by atoms with van der Waals surface area (Å²) in [5.74, 6) is 0.470. The van der Waals surface area contributed by atoms with E-state index in [-0.39, 0.29) is 11.0 Å². The van der Waals surface area contributed by atoms with Crippen LogP contribution in [0.2, 0.25) is 5.02 Å². The molecule has 0 aliphatic carbocycles. The van der Waals surface area contributed by atoms with Crippen molar-refractivity contribution in [3.63, 3.8) is 0 Å². The number of ether oxygens (including phenoxy) is 1. The van der Waals surface area contributed by atoms with E-state index < -0.39 is 0 Å². The summed E-state index contributed by atoms with van der Waals surface area (Å²) in [6, 6.07) is 14.5. The third-order valence-electron chi connectivity index (χ3n) is 2.96. The number of hydrogen-bond acceptors (Lipinski definition) is 3. The number of carbonyl (C=O) groups is 1. The highest BCUT2D eigenvalue weighted by atomic mass is 35.5. The first-order valence-corrected chi connectivity index (χ1v) is 8.14. The number of hydrogen-bond donors (Lipinski definition) is 2. The molecule has 0 heterocycles. The molecule has 0 saturated heterocycles. The minimum Gasteiger partial charge on any atom is -0.494 e. The third-order valence-corrected chi connectivity index (χ3v) is 3.41. The molecule has 0 fully saturated rings. The summed E-state index contributed by atoms with van der Waals surface area (Å²) >= 11 is 10.9. The Bertz CT molecular complexity index is 728. The number of halogens is 1. The third kappa shape index (κ3) is 6.02. The minimum absolute atomic E-state index is 0.227. The van der Waals surface area contributed by atoms with E-state index in [1.807, 2.05) is 43.3 Å². The molecule has 24 heavy (non-hydrogen) atoms. The van der Waals surface area contributed by atoms with Crippen molar-refractivity contribution in [2.75, 3.05) is 11.9 Å². The predicted molar refractivity (Wildman–Crippen MR) is 102 cm³/mol. The highest BCUT2D eigenvalue weighted by Gasteiger charge is 2.02. The second-order valence-electron chi connectivity index (χ2n) is 4.79.